The topological polar surface area (TPSA) is 61.8 Å². The monoisotopic (exact) mass is 331 g/mol. The Morgan fingerprint density at radius 3 is 2.86 bits per heavy atom. The van der Waals surface area contributed by atoms with Crippen LogP contribution in [0.3, 0.4) is 0 Å². The van der Waals surface area contributed by atoms with Gasteiger partial charge in [0.15, 0.2) is 5.16 Å². The highest BCUT2D eigenvalue weighted by Crippen LogP contribution is 2.28. The number of para-hydroxylation sites is 2. The molecule has 0 fully saturated rings. The molecule has 0 atom stereocenters. The lowest BCUT2D eigenvalue weighted by molar-refractivity contribution is 0.322. The summed E-state index contributed by atoms with van der Waals surface area (Å²) in [5.41, 5.74) is 4.29. The van der Waals surface area contributed by atoms with Gasteiger partial charge in [-0.05, 0) is 30.7 Å². The first kappa shape index (κ1) is 15.4. The first-order valence-electron chi connectivity index (χ1n) is 7.03. The van der Waals surface area contributed by atoms with Gasteiger partial charge >= 0.3 is 0 Å². The van der Waals surface area contributed by atoms with Crippen molar-refractivity contribution in [3.63, 3.8) is 0 Å². The molecular weight excluding hydrogens is 314 g/mol. The molecule has 3 aromatic rings. The zero-order valence-electron chi connectivity index (χ0n) is 12.2. The Morgan fingerprint density at radius 2 is 2.05 bits per heavy atom. The molecule has 3 rings (SSSR count). The van der Waals surface area contributed by atoms with Gasteiger partial charge in [0, 0.05) is 22.6 Å². The fraction of sp³-hybridized carbons (Fsp3) is 0.250. The Labute approximate surface area is 137 Å². The maximum Gasteiger partial charge on any atom is 0.166 e. The Balaban J connectivity index is 1.73. The lowest BCUT2D eigenvalue weighted by Crippen LogP contribution is -1.95. The number of aliphatic hydroxyl groups excluding tert-OH is 1. The Kier molecular flexibility index (Phi) is 5.02. The molecule has 6 heteroatoms. The lowest BCUT2D eigenvalue weighted by Gasteiger charge is -2.08. The number of H-pyrrole nitrogens is 1. The van der Waals surface area contributed by atoms with Crippen LogP contribution in [0.4, 0.5) is 0 Å². The van der Waals surface area contributed by atoms with Gasteiger partial charge in [-0.3, -0.25) is 4.98 Å². The summed E-state index contributed by atoms with van der Waals surface area (Å²) in [5.74, 6) is 1.49. The molecule has 0 amide bonds. The van der Waals surface area contributed by atoms with Crippen molar-refractivity contribution in [3.05, 3.63) is 47.8 Å². The van der Waals surface area contributed by atoms with Crippen molar-refractivity contribution in [2.75, 3.05) is 12.4 Å². The second-order valence-corrected chi connectivity index (χ2v) is 6.90. The van der Waals surface area contributed by atoms with Crippen molar-refractivity contribution >= 4 is 34.6 Å². The van der Waals surface area contributed by atoms with Gasteiger partial charge in [0.1, 0.15) is 0 Å². The van der Waals surface area contributed by atoms with Crippen molar-refractivity contribution < 1.29 is 5.11 Å². The fourth-order valence-corrected chi connectivity index (χ4v) is 3.86. The normalized spacial score (nSPS) is 11.2. The lowest BCUT2D eigenvalue weighted by atomic mass is 10.2. The van der Waals surface area contributed by atoms with Crippen LogP contribution in [0, 0.1) is 6.92 Å². The number of benzene rings is 1. The molecule has 1 aromatic carbocycles. The molecule has 0 bridgehead atoms. The van der Waals surface area contributed by atoms with Crippen LogP contribution in [0.25, 0.3) is 11.0 Å². The van der Waals surface area contributed by atoms with Crippen molar-refractivity contribution in [2.24, 2.45) is 0 Å². The molecule has 2 N–H and O–H groups in total. The maximum absolute atomic E-state index is 8.96. The van der Waals surface area contributed by atoms with E-state index in [9.17, 15) is 0 Å². The van der Waals surface area contributed by atoms with Gasteiger partial charge < -0.3 is 10.1 Å². The second-order valence-electron chi connectivity index (χ2n) is 4.80. The second kappa shape index (κ2) is 7.17. The first-order chi connectivity index (χ1) is 10.8. The SMILES string of the molecule is Cc1c(SCCO)ccnc1CSc1nc2ccccc2[nH]1. The number of fused-ring (bicyclic) bond motifs is 1. The van der Waals surface area contributed by atoms with Crippen LogP contribution >= 0.6 is 23.5 Å². The molecule has 2 heterocycles. The number of imidazole rings is 1. The Morgan fingerprint density at radius 1 is 1.18 bits per heavy atom. The molecule has 0 radical (unpaired) electrons. The molecule has 0 saturated carbocycles. The molecule has 0 saturated heterocycles. The van der Waals surface area contributed by atoms with Gasteiger partial charge in [-0.2, -0.15) is 0 Å². The van der Waals surface area contributed by atoms with Gasteiger partial charge in [0.25, 0.3) is 0 Å². The zero-order valence-corrected chi connectivity index (χ0v) is 13.9. The van der Waals surface area contributed by atoms with E-state index in [-0.39, 0.29) is 6.61 Å². The Hall–Kier alpha value is -1.50. The van der Waals surface area contributed by atoms with Crippen molar-refractivity contribution in [3.8, 4) is 0 Å². The van der Waals surface area contributed by atoms with Crippen molar-refractivity contribution in [2.45, 2.75) is 22.7 Å². The summed E-state index contributed by atoms with van der Waals surface area (Å²) in [6.45, 7) is 2.27. The van der Waals surface area contributed by atoms with Crippen LogP contribution in [0.5, 0.6) is 0 Å². The highest BCUT2D eigenvalue weighted by atomic mass is 32.2. The van der Waals surface area contributed by atoms with Gasteiger partial charge in [-0.15, -0.1) is 11.8 Å². The van der Waals surface area contributed by atoms with E-state index in [2.05, 4.69) is 21.9 Å². The standard InChI is InChI=1S/C16H17N3OS2/c1-11-14(17-7-6-15(11)21-9-8-20)10-22-16-18-12-4-2-3-5-13(12)19-16/h2-7,20H,8-10H2,1H3,(H,18,19). The van der Waals surface area contributed by atoms with E-state index in [4.69, 9.17) is 5.11 Å². The smallest absolute Gasteiger partial charge is 0.166 e. The number of aromatic amines is 1. The predicted octanol–water partition coefficient (Wildman–Crippen LogP) is 3.64. The van der Waals surface area contributed by atoms with Crippen LogP contribution in [0.2, 0.25) is 0 Å². The van der Waals surface area contributed by atoms with Crippen LogP contribution in [0.1, 0.15) is 11.3 Å². The number of aromatic nitrogens is 3. The number of hydrogen-bond donors (Lipinski definition) is 2. The molecule has 22 heavy (non-hydrogen) atoms. The molecule has 0 spiro atoms. The minimum atomic E-state index is 0.190. The Bertz CT molecular complexity index is 740. The molecular formula is C16H17N3OS2. The summed E-state index contributed by atoms with van der Waals surface area (Å²) in [7, 11) is 0. The average Bonchev–Trinajstić information content (AvgIpc) is 2.95. The van der Waals surface area contributed by atoms with E-state index < -0.39 is 0 Å². The number of rotatable bonds is 6. The third kappa shape index (κ3) is 3.45. The number of aliphatic hydroxyl groups is 1. The van der Waals surface area contributed by atoms with Gasteiger partial charge in [0.2, 0.25) is 0 Å². The minimum Gasteiger partial charge on any atom is -0.396 e. The van der Waals surface area contributed by atoms with E-state index in [1.165, 1.54) is 10.5 Å². The van der Waals surface area contributed by atoms with Gasteiger partial charge in [-0.1, -0.05) is 23.9 Å². The van der Waals surface area contributed by atoms with Crippen LogP contribution in [-0.2, 0) is 5.75 Å². The largest absolute Gasteiger partial charge is 0.396 e. The molecule has 4 nitrogen and oxygen atoms in total. The third-order valence-corrected chi connectivity index (χ3v) is 5.35. The summed E-state index contributed by atoms with van der Waals surface area (Å²) in [6, 6.07) is 10.0. The molecule has 0 unspecified atom stereocenters. The van der Waals surface area contributed by atoms with E-state index in [1.807, 2.05) is 36.5 Å². The number of pyridine rings is 1. The number of hydrogen-bond acceptors (Lipinski definition) is 5. The molecule has 2 aromatic heterocycles. The van der Waals surface area contributed by atoms with E-state index in [0.29, 0.717) is 5.75 Å². The summed E-state index contributed by atoms with van der Waals surface area (Å²) < 4.78 is 0. The summed E-state index contributed by atoms with van der Waals surface area (Å²) in [6.07, 6.45) is 1.83. The van der Waals surface area contributed by atoms with Crippen molar-refractivity contribution in [1.82, 2.24) is 15.0 Å². The molecule has 0 aliphatic carbocycles. The first-order valence-corrected chi connectivity index (χ1v) is 9.00. The average molecular weight is 331 g/mol. The quantitative estimate of drug-likeness (QED) is 0.675. The number of nitrogens with zero attached hydrogens (tertiary/aromatic N) is 2. The molecule has 114 valence electrons. The summed E-state index contributed by atoms with van der Waals surface area (Å²) in [5, 5.41) is 9.87. The highest BCUT2D eigenvalue weighted by molar-refractivity contribution is 7.99. The summed E-state index contributed by atoms with van der Waals surface area (Å²) in [4.78, 5) is 13.6. The fourth-order valence-electron chi connectivity index (χ4n) is 2.15. The van der Waals surface area contributed by atoms with E-state index in [1.54, 1.807) is 23.5 Å². The van der Waals surface area contributed by atoms with E-state index in [0.717, 1.165) is 27.6 Å². The van der Waals surface area contributed by atoms with Gasteiger partial charge in [0.05, 0.1) is 23.3 Å². The third-order valence-electron chi connectivity index (χ3n) is 3.32. The van der Waals surface area contributed by atoms with Crippen LogP contribution < -0.4 is 0 Å². The summed E-state index contributed by atoms with van der Waals surface area (Å²) >= 11 is 3.32. The minimum absolute atomic E-state index is 0.190. The maximum atomic E-state index is 8.96. The van der Waals surface area contributed by atoms with Crippen LogP contribution in [0.15, 0.2) is 46.6 Å². The molecule has 0 aliphatic heterocycles. The molecule has 0 aliphatic rings. The number of nitrogens with one attached hydrogen (secondary N) is 1. The van der Waals surface area contributed by atoms with Crippen LogP contribution in [-0.4, -0.2) is 32.4 Å². The zero-order chi connectivity index (χ0) is 15.4. The highest BCUT2D eigenvalue weighted by Gasteiger charge is 2.08. The van der Waals surface area contributed by atoms with Gasteiger partial charge in [-0.25, -0.2) is 4.98 Å². The predicted molar refractivity (Wildman–Crippen MR) is 92.4 cm³/mol. The van der Waals surface area contributed by atoms with Crippen molar-refractivity contribution in [1.29, 1.82) is 0 Å². The van der Waals surface area contributed by atoms with E-state index >= 15 is 0 Å². The number of thioether (sulfide) groups is 2.